The van der Waals surface area contributed by atoms with E-state index in [1.807, 2.05) is 19.3 Å². The van der Waals surface area contributed by atoms with Crippen molar-refractivity contribution in [2.45, 2.75) is 65.5 Å². The van der Waals surface area contributed by atoms with Crippen LogP contribution >= 0.6 is 0 Å². The predicted molar refractivity (Wildman–Crippen MR) is 86.1 cm³/mol. The Labute approximate surface area is 138 Å². The minimum Gasteiger partial charge on any atom is -0.316 e. The maximum atomic E-state index is 12.9. The number of carbonyl (C=O) groups excluding carboxylic acids is 1. The second kappa shape index (κ2) is 5.17. The van der Waals surface area contributed by atoms with E-state index in [1.54, 1.807) is 0 Å². The Bertz CT molecular complexity index is 616. The van der Waals surface area contributed by atoms with Crippen LogP contribution in [0.25, 0.3) is 0 Å². The molecule has 0 aromatic carbocycles. The summed E-state index contributed by atoms with van der Waals surface area (Å²) >= 11 is 0. The van der Waals surface area contributed by atoms with Gasteiger partial charge in [-0.2, -0.15) is 5.48 Å². The van der Waals surface area contributed by atoms with Crippen LogP contribution in [0.3, 0.4) is 0 Å². The lowest BCUT2D eigenvalue weighted by Crippen LogP contribution is -2.51. The number of sulfonamides is 1. The Hall–Kier alpha value is -0.660. The van der Waals surface area contributed by atoms with E-state index in [2.05, 4.69) is 13.8 Å². The van der Waals surface area contributed by atoms with Crippen LogP contribution in [-0.4, -0.2) is 41.7 Å². The lowest BCUT2D eigenvalue weighted by Gasteiger charge is -2.37. The largest absolute Gasteiger partial charge is 0.316 e. The van der Waals surface area contributed by atoms with E-state index in [0.29, 0.717) is 12.3 Å². The Kier molecular flexibility index (Phi) is 3.86. The van der Waals surface area contributed by atoms with Crippen molar-refractivity contribution in [3.8, 4) is 0 Å². The van der Waals surface area contributed by atoms with Gasteiger partial charge in [-0.15, -0.1) is 0 Å². The minimum absolute atomic E-state index is 0.0556. The third-order valence-electron chi connectivity index (χ3n) is 6.79. The Morgan fingerprint density at radius 2 is 2.04 bits per heavy atom. The second-order valence-corrected chi connectivity index (χ2v) is 10.4. The van der Waals surface area contributed by atoms with Crippen LogP contribution in [0.2, 0.25) is 0 Å². The zero-order chi connectivity index (χ0) is 17.2. The average Bonchev–Trinajstić information content (AvgIpc) is 2.90. The van der Waals surface area contributed by atoms with Gasteiger partial charge in [-0.05, 0) is 42.9 Å². The van der Waals surface area contributed by atoms with Crippen LogP contribution in [0.4, 0.5) is 0 Å². The van der Waals surface area contributed by atoms with Crippen molar-refractivity contribution in [1.82, 2.24) is 9.79 Å². The molecular weight excluding hydrogens is 316 g/mol. The highest BCUT2D eigenvalue weighted by atomic mass is 32.2. The Balaban J connectivity index is 1.96. The lowest BCUT2D eigenvalue weighted by atomic mass is 9.69. The predicted octanol–water partition coefficient (Wildman–Crippen LogP) is 1.75. The highest BCUT2D eigenvalue weighted by Gasteiger charge is 2.72. The summed E-state index contributed by atoms with van der Waals surface area (Å²) in [4.78, 5) is 12.9. The number of fused-ring (bicyclic) bond motifs is 1. The van der Waals surface area contributed by atoms with Crippen LogP contribution in [0.15, 0.2) is 0 Å². The molecule has 23 heavy (non-hydrogen) atoms. The Morgan fingerprint density at radius 3 is 2.57 bits per heavy atom. The summed E-state index contributed by atoms with van der Waals surface area (Å²) < 4.78 is 26.7. The van der Waals surface area contributed by atoms with E-state index in [4.69, 9.17) is 0 Å². The normalized spacial score (nSPS) is 38.1. The van der Waals surface area contributed by atoms with Gasteiger partial charge < -0.3 is 5.21 Å². The van der Waals surface area contributed by atoms with Crippen molar-refractivity contribution < 1.29 is 18.4 Å². The van der Waals surface area contributed by atoms with Gasteiger partial charge in [-0.1, -0.05) is 27.7 Å². The summed E-state index contributed by atoms with van der Waals surface area (Å²) in [6.45, 7) is 8.20. The van der Waals surface area contributed by atoms with Crippen LogP contribution < -0.4 is 5.48 Å². The summed E-state index contributed by atoms with van der Waals surface area (Å²) in [6.07, 6.45) is 3.10. The van der Waals surface area contributed by atoms with Crippen LogP contribution in [-0.2, 0) is 14.8 Å². The summed E-state index contributed by atoms with van der Waals surface area (Å²) in [5.41, 5.74) is 1.66. The molecular formula is C16H28N2O4S. The summed E-state index contributed by atoms with van der Waals surface area (Å²) in [7, 11) is -3.62. The fourth-order valence-electron chi connectivity index (χ4n) is 5.41. The van der Waals surface area contributed by atoms with Crippen molar-refractivity contribution in [3.05, 3.63) is 0 Å². The highest BCUT2D eigenvalue weighted by molar-refractivity contribution is 7.90. The summed E-state index contributed by atoms with van der Waals surface area (Å²) in [6, 6.07) is -1.10. The smallest absolute Gasteiger partial charge is 0.255 e. The molecule has 1 spiro atoms. The van der Waals surface area contributed by atoms with E-state index in [-0.39, 0.29) is 28.5 Å². The molecule has 3 aliphatic rings. The van der Waals surface area contributed by atoms with Gasteiger partial charge in [0.1, 0.15) is 6.04 Å². The zero-order valence-electron chi connectivity index (χ0n) is 14.4. The number of hydrogen-bond donors (Lipinski definition) is 2. The van der Waals surface area contributed by atoms with Gasteiger partial charge in [0.2, 0.25) is 10.0 Å². The molecule has 2 saturated carbocycles. The average molecular weight is 344 g/mol. The molecule has 2 aliphatic carbocycles. The highest BCUT2D eigenvalue weighted by Crippen LogP contribution is 2.70. The molecule has 3 rings (SSSR count). The number of nitrogens with zero attached hydrogens (tertiary/aromatic N) is 1. The molecule has 0 aromatic heterocycles. The molecule has 2 bridgehead atoms. The van der Waals surface area contributed by atoms with E-state index in [9.17, 15) is 18.4 Å². The molecule has 132 valence electrons. The van der Waals surface area contributed by atoms with Gasteiger partial charge >= 0.3 is 0 Å². The molecule has 1 heterocycles. The first-order chi connectivity index (χ1) is 10.6. The molecule has 7 heteroatoms. The molecule has 1 aliphatic heterocycles. The standard InChI is InChI=1S/C16H28N2O4S/c1-10(2)7-12(17-20)14(19)18-13-8-11-5-6-16(13,15(11,3)4)9-23(18,21)22/h10-13,17,20H,5-9H2,1-4H3/t11-,12-,13-,16-/m1/s1. The third kappa shape index (κ3) is 2.19. The minimum atomic E-state index is -3.62. The molecule has 2 N–H and O–H groups in total. The van der Waals surface area contributed by atoms with E-state index < -0.39 is 22.0 Å². The number of carbonyl (C=O) groups is 1. The van der Waals surface area contributed by atoms with Gasteiger partial charge in [-0.3, -0.25) is 4.79 Å². The molecule has 6 nitrogen and oxygen atoms in total. The van der Waals surface area contributed by atoms with Gasteiger partial charge in [-0.25, -0.2) is 12.7 Å². The zero-order valence-corrected chi connectivity index (χ0v) is 15.2. The first-order valence-electron chi connectivity index (χ1n) is 8.52. The second-order valence-electron chi connectivity index (χ2n) is 8.57. The van der Waals surface area contributed by atoms with Crippen LogP contribution in [0, 0.1) is 22.7 Å². The molecule has 3 fully saturated rings. The van der Waals surface area contributed by atoms with E-state index >= 15 is 0 Å². The lowest BCUT2D eigenvalue weighted by molar-refractivity contribution is -0.134. The fraction of sp³-hybridized carbons (Fsp3) is 0.938. The summed E-state index contributed by atoms with van der Waals surface area (Å²) in [5.74, 6) is 0.231. The van der Waals surface area contributed by atoms with Crippen LogP contribution in [0.5, 0.6) is 0 Å². The monoisotopic (exact) mass is 344 g/mol. The van der Waals surface area contributed by atoms with Crippen molar-refractivity contribution in [2.75, 3.05) is 5.75 Å². The molecule has 0 unspecified atom stereocenters. The molecule has 0 radical (unpaired) electrons. The molecule has 1 saturated heterocycles. The van der Waals surface area contributed by atoms with E-state index in [0.717, 1.165) is 23.6 Å². The molecule has 1 amide bonds. The van der Waals surface area contributed by atoms with Gasteiger partial charge in [0.15, 0.2) is 0 Å². The van der Waals surface area contributed by atoms with Crippen molar-refractivity contribution >= 4 is 15.9 Å². The van der Waals surface area contributed by atoms with Crippen molar-refractivity contribution in [1.29, 1.82) is 0 Å². The van der Waals surface area contributed by atoms with Crippen LogP contribution in [0.1, 0.15) is 53.4 Å². The molecule has 0 aromatic rings. The SMILES string of the molecule is CC(C)C[C@@H](NO)C(=O)N1[C@@H]2C[C@H]3CC[C@]2(CS1(=O)=O)C3(C)C. The van der Waals surface area contributed by atoms with Crippen molar-refractivity contribution in [3.63, 3.8) is 0 Å². The van der Waals surface area contributed by atoms with Gasteiger partial charge in [0.05, 0.1) is 11.8 Å². The first kappa shape index (κ1) is 17.2. The summed E-state index contributed by atoms with van der Waals surface area (Å²) in [5, 5.41) is 9.36. The van der Waals surface area contributed by atoms with Gasteiger partial charge in [0, 0.05) is 5.41 Å². The van der Waals surface area contributed by atoms with Crippen molar-refractivity contribution in [2.24, 2.45) is 22.7 Å². The third-order valence-corrected chi connectivity index (χ3v) is 8.70. The maximum Gasteiger partial charge on any atom is 0.255 e. The number of amides is 1. The number of nitrogens with one attached hydrogen (secondary N) is 1. The number of rotatable bonds is 4. The van der Waals surface area contributed by atoms with E-state index in [1.165, 1.54) is 0 Å². The topological polar surface area (TPSA) is 86.7 Å². The Morgan fingerprint density at radius 1 is 1.39 bits per heavy atom. The van der Waals surface area contributed by atoms with Gasteiger partial charge in [0.25, 0.3) is 5.91 Å². The number of hydroxylamine groups is 1. The number of hydrogen-bond acceptors (Lipinski definition) is 5. The quantitative estimate of drug-likeness (QED) is 0.759. The molecule has 4 atom stereocenters. The first-order valence-corrected chi connectivity index (χ1v) is 10.1. The maximum absolute atomic E-state index is 12.9. The fourth-order valence-corrected chi connectivity index (χ4v) is 7.99.